The molecule has 0 bridgehead atoms. The molecule has 0 radical (unpaired) electrons. The minimum Gasteiger partial charge on any atom is -0.347 e. The lowest BCUT2D eigenvalue weighted by Crippen LogP contribution is -2.00. The van der Waals surface area contributed by atoms with Gasteiger partial charge in [0, 0.05) is 36.3 Å². The smallest absolute Gasteiger partial charge is 0.0992 e. The molecule has 0 atom stereocenters. The average Bonchev–Trinajstić information content (AvgIpc) is 2.85. The Hall–Kier alpha value is -2.02. The number of hydrogen-bond donors (Lipinski definition) is 0. The minimum atomic E-state index is 0.570. The van der Waals surface area contributed by atoms with Crippen LogP contribution < -0.4 is 0 Å². The number of nitrogens with zero attached hydrogens (tertiary/aromatic N) is 3. The summed E-state index contributed by atoms with van der Waals surface area (Å²) in [5.74, 6) is 0. The molecule has 2 aromatic heterocycles. The first-order valence-corrected chi connectivity index (χ1v) is 7.96. The normalized spacial score (nSPS) is 11.0. The molecule has 0 saturated heterocycles. The number of aryl methyl sites for hydroxylation is 3. The second-order valence-corrected chi connectivity index (χ2v) is 6.48. The monoisotopic (exact) mass is 343 g/mol. The highest BCUT2D eigenvalue weighted by Gasteiger charge is 2.15. The van der Waals surface area contributed by atoms with Gasteiger partial charge in [0.2, 0.25) is 0 Å². The summed E-state index contributed by atoms with van der Waals surface area (Å²) >= 11 is 12.7. The minimum absolute atomic E-state index is 0.570. The molecule has 0 aliphatic carbocycles. The van der Waals surface area contributed by atoms with E-state index in [0.29, 0.717) is 22.0 Å². The lowest BCUT2D eigenvalue weighted by Gasteiger charge is -2.10. The number of aromatic nitrogens is 2. The molecule has 3 rings (SSSR count). The summed E-state index contributed by atoms with van der Waals surface area (Å²) in [6.07, 6.45) is 2.26. The van der Waals surface area contributed by atoms with Crippen LogP contribution in [0.1, 0.15) is 28.1 Å². The van der Waals surface area contributed by atoms with E-state index in [1.54, 1.807) is 6.20 Å². The summed E-state index contributed by atoms with van der Waals surface area (Å²) in [4.78, 5) is 4.18. The van der Waals surface area contributed by atoms with E-state index in [9.17, 15) is 0 Å². The molecule has 116 valence electrons. The molecule has 0 saturated carbocycles. The van der Waals surface area contributed by atoms with Crippen molar-refractivity contribution >= 4 is 34.1 Å². The summed E-state index contributed by atoms with van der Waals surface area (Å²) in [5, 5.41) is 11.5. The van der Waals surface area contributed by atoms with Crippen molar-refractivity contribution in [1.29, 1.82) is 5.26 Å². The number of hydrogen-bond acceptors (Lipinski definition) is 2. The van der Waals surface area contributed by atoms with Crippen molar-refractivity contribution in [3.8, 4) is 6.07 Å². The molecule has 5 heteroatoms. The van der Waals surface area contributed by atoms with Gasteiger partial charge in [-0.1, -0.05) is 23.2 Å². The zero-order valence-corrected chi connectivity index (χ0v) is 14.6. The van der Waals surface area contributed by atoms with E-state index < -0.39 is 0 Å². The maximum atomic E-state index is 9.16. The van der Waals surface area contributed by atoms with Gasteiger partial charge in [-0.05, 0) is 43.2 Å². The van der Waals surface area contributed by atoms with E-state index in [-0.39, 0.29) is 0 Å². The standard InChI is InChI=1S/C18H15Cl2N3/c1-10-4-12(8-21)5-17-14(10)6-13(23(17)3)7-15-16(19)9-22-11(2)18(15)20/h4-6,9H,7H2,1-3H3. The molecule has 0 spiro atoms. The van der Waals surface area contributed by atoms with Gasteiger partial charge in [0.15, 0.2) is 0 Å². The second kappa shape index (κ2) is 5.88. The van der Waals surface area contributed by atoms with E-state index in [1.807, 2.05) is 33.0 Å². The molecule has 0 amide bonds. The first-order chi connectivity index (χ1) is 10.9. The molecule has 3 aromatic rings. The summed E-state index contributed by atoms with van der Waals surface area (Å²) in [6.45, 7) is 3.89. The number of pyridine rings is 1. The summed E-state index contributed by atoms with van der Waals surface area (Å²) in [5.41, 5.74) is 5.53. The summed E-state index contributed by atoms with van der Waals surface area (Å²) < 4.78 is 2.09. The van der Waals surface area contributed by atoms with Gasteiger partial charge in [0.25, 0.3) is 0 Å². The first kappa shape index (κ1) is 15.9. The molecule has 0 aliphatic heterocycles. The molecular weight excluding hydrogens is 329 g/mol. The second-order valence-electron chi connectivity index (χ2n) is 5.69. The quantitative estimate of drug-likeness (QED) is 0.659. The molecule has 1 aromatic carbocycles. The van der Waals surface area contributed by atoms with Crippen LogP contribution >= 0.6 is 23.2 Å². The van der Waals surface area contributed by atoms with Gasteiger partial charge in [-0.15, -0.1) is 0 Å². The fourth-order valence-corrected chi connectivity index (χ4v) is 3.33. The lowest BCUT2D eigenvalue weighted by atomic mass is 10.1. The molecule has 0 N–H and O–H groups in total. The fraction of sp³-hybridized carbons (Fsp3) is 0.222. The predicted molar refractivity (Wildman–Crippen MR) is 94.2 cm³/mol. The van der Waals surface area contributed by atoms with Crippen molar-refractivity contribution in [2.75, 3.05) is 0 Å². The Morgan fingerprint density at radius 2 is 1.96 bits per heavy atom. The average molecular weight is 344 g/mol. The van der Waals surface area contributed by atoms with Crippen LogP contribution in [-0.2, 0) is 13.5 Å². The Morgan fingerprint density at radius 3 is 2.65 bits per heavy atom. The van der Waals surface area contributed by atoms with E-state index in [0.717, 1.165) is 33.4 Å². The van der Waals surface area contributed by atoms with Crippen molar-refractivity contribution in [3.63, 3.8) is 0 Å². The Labute approximate surface area is 145 Å². The van der Waals surface area contributed by atoms with E-state index in [2.05, 4.69) is 21.7 Å². The maximum absolute atomic E-state index is 9.16. The summed E-state index contributed by atoms with van der Waals surface area (Å²) in [7, 11) is 1.99. The van der Waals surface area contributed by atoms with Gasteiger partial charge in [0.1, 0.15) is 0 Å². The number of fused-ring (bicyclic) bond motifs is 1. The van der Waals surface area contributed by atoms with Gasteiger partial charge in [-0.3, -0.25) is 4.98 Å². The highest BCUT2D eigenvalue weighted by molar-refractivity contribution is 6.36. The van der Waals surface area contributed by atoms with Crippen LogP contribution in [0.25, 0.3) is 10.9 Å². The van der Waals surface area contributed by atoms with Gasteiger partial charge in [0.05, 0.1) is 27.4 Å². The Balaban J connectivity index is 2.16. The van der Waals surface area contributed by atoms with Crippen molar-refractivity contribution in [3.05, 3.63) is 62.5 Å². The van der Waals surface area contributed by atoms with Crippen LogP contribution in [0.4, 0.5) is 0 Å². The number of nitriles is 1. The highest BCUT2D eigenvalue weighted by Crippen LogP contribution is 2.31. The third kappa shape index (κ3) is 2.69. The molecule has 2 heterocycles. The van der Waals surface area contributed by atoms with Crippen LogP contribution in [0, 0.1) is 25.2 Å². The number of halogens is 2. The fourth-order valence-electron chi connectivity index (χ4n) is 2.85. The lowest BCUT2D eigenvalue weighted by molar-refractivity contribution is 0.878. The van der Waals surface area contributed by atoms with E-state index in [4.69, 9.17) is 28.5 Å². The third-order valence-electron chi connectivity index (χ3n) is 4.20. The van der Waals surface area contributed by atoms with E-state index in [1.165, 1.54) is 0 Å². The van der Waals surface area contributed by atoms with Gasteiger partial charge in [-0.2, -0.15) is 5.26 Å². The predicted octanol–water partition coefficient (Wildman–Crippen LogP) is 4.96. The topological polar surface area (TPSA) is 41.6 Å². The van der Waals surface area contributed by atoms with Crippen molar-refractivity contribution < 1.29 is 0 Å². The van der Waals surface area contributed by atoms with Crippen molar-refractivity contribution in [1.82, 2.24) is 9.55 Å². The first-order valence-electron chi connectivity index (χ1n) is 7.21. The molecular formula is C18H15Cl2N3. The molecule has 0 aliphatic rings. The zero-order valence-electron chi connectivity index (χ0n) is 13.1. The molecule has 0 fully saturated rings. The van der Waals surface area contributed by atoms with Crippen LogP contribution in [0.2, 0.25) is 10.0 Å². The van der Waals surface area contributed by atoms with Gasteiger partial charge in [-0.25, -0.2) is 0 Å². The molecule has 0 unspecified atom stereocenters. The van der Waals surface area contributed by atoms with Crippen LogP contribution in [0.15, 0.2) is 24.4 Å². The third-order valence-corrected chi connectivity index (χ3v) is 5.02. The molecule has 23 heavy (non-hydrogen) atoms. The van der Waals surface area contributed by atoms with Crippen molar-refractivity contribution in [2.45, 2.75) is 20.3 Å². The van der Waals surface area contributed by atoms with E-state index >= 15 is 0 Å². The summed E-state index contributed by atoms with van der Waals surface area (Å²) in [6, 6.07) is 8.16. The maximum Gasteiger partial charge on any atom is 0.0992 e. The van der Waals surface area contributed by atoms with Crippen LogP contribution in [-0.4, -0.2) is 9.55 Å². The Morgan fingerprint density at radius 1 is 1.22 bits per heavy atom. The van der Waals surface area contributed by atoms with Crippen molar-refractivity contribution in [2.24, 2.45) is 7.05 Å². The SMILES string of the molecule is Cc1ncc(Cl)c(Cc2cc3c(C)cc(C#N)cc3n2C)c1Cl. The van der Waals surface area contributed by atoms with Gasteiger partial charge >= 0.3 is 0 Å². The zero-order chi connectivity index (χ0) is 16.7. The largest absolute Gasteiger partial charge is 0.347 e. The van der Waals surface area contributed by atoms with Gasteiger partial charge < -0.3 is 4.57 Å². The molecule has 3 nitrogen and oxygen atoms in total. The highest BCUT2D eigenvalue weighted by atomic mass is 35.5. The number of rotatable bonds is 2. The van der Waals surface area contributed by atoms with Crippen LogP contribution in [0.5, 0.6) is 0 Å². The van der Waals surface area contributed by atoms with Crippen LogP contribution in [0.3, 0.4) is 0 Å². The number of benzene rings is 1. The Kier molecular flexibility index (Phi) is 4.06. The Bertz CT molecular complexity index is 965.